The van der Waals surface area contributed by atoms with Gasteiger partial charge >= 0.3 is 0 Å². The molecular formula is C24H25N6O+. The number of anilines is 2. The molecule has 0 spiro atoms. The quantitative estimate of drug-likeness (QED) is 0.234. The van der Waals surface area contributed by atoms with Gasteiger partial charge in [-0.05, 0) is 29.8 Å². The molecule has 0 bridgehead atoms. The average Bonchev–Trinajstić information content (AvgIpc) is 2.76. The highest BCUT2D eigenvalue weighted by atomic mass is 16.3. The first-order valence-electron chi connectivity index (χ1n) is 10.0. The molecule has 0 aliphatic heterocycles. The van der Waals surface area contributed by atoms with E-state index in [2.05, 4.69) is 61.2 Å². The zero-order chi connectivity index (χ0) is 22.0. The third kappa shape index (κ3) is 4.04. The van der Waals surface area contributed by atoms with Crippen LogP contribution < -0.4 is 20.1 Å². The lowest BCUT2D eigenvalue weighted by Crippen LogP contribution is -2.75. The third-order valence-electron chi connectivity index (χ3n) is 5.32. The minimum Gasteiger partial charge on any atom is -0.455 e. The molecule has 1 heterocycles. The van der Waals surface area contributed by atoms with Crippen LogP contribution in [0.15, 0.2) is 70.2 Å². The fourth-order valence-electron chi connectivity index (χ4n) is 3.60. The topological polar surface area (TPSA) is 82.3 Å². The smallest absolute Gasteiger partial charge is 0.220 e. The summed E-state index contributed by atoms with van der Waals surface area (Å²) in [6, 6.07) is 20.0. The second kappa shape index (κ2) is 8.42. The third-order valence-corrected chi connectivity index (χ3v) is 5.32. The molecule has 3 aromatic carbocycles. The first kappa shape index (κ1) is 20.3. The Hall–Kier alpha value is -3.96. The van der Waals surface area contributed by atoms with Crippen LogP contribution in [0, 0.1) is 0 Å². The molecule has 4 aromatic rings. The summed E-state index contributed by atoms with van der Waals surface area (Å²) in [7, 11) is 8.05. The Morgan fingerprint density at radius 2 is 1.45 bits per heavy atom. The van der Waals surface area contributed by atoms with Crippen molar-refractivity contribution < 1.29 is 9.41 Å². The monoisotopic (exact) mass is 413 g/mol. The van der Waals surface area contributed by atoms with Crippen LogP contribution in [0.4, 0.5) is 17.1 Å². The molecule has 0 amide bonds. The van der Waals surface area contributed by atoms with Crippen molar-refractivity contribution in [2.75, 3.05) is 38.0 Å². The highest BCUT2D eigenvalue weighted by molar-refractivity contribution is 5.91. The number of hydrogen-bond donors (Lipinski definition) is 1. The Kier molecular flexibility index (Phi) is 5.52. The van der Waals surface area contributed by atoms with Gasteiger partial charge in [-0.25, -0.2) is 4.99 Å². The van der Waals surface area contributed by atoms with Crippen molar-refractivity contribution in [3.05, 3.63) is 82.0 Å². The predicted molar refractivity (Wildman–Crippen MR) is 125 cm³/mol. The predicted octanol–water partition coefficient (Wildman–Crippen LogP) is 3.84. The molecule has 7 nitrogen and oxygen atoms in total. The van der Waals surface area contributed by atoms with Crippen LogP contribution in [0.3, 0.4) is 0 Å². The van der Waals surface area contributed by atoms with E-state index in [1.807, 2.05) is 52.5 Å². The van der Waals surface area contributed by atoms with Crippen molar-refractivity contribution in [2.45, 2.75) is 6.54 Å². The Morgan fingerprint density at radius 3 is 2.00 bits per heavy atom. The summed E-state index contributed by atoms with van der Waals surface area (Å²) in [5.41, 5.74) is 14.2. The average molecular weight is 414 g/mol. The van der Waals surface area contributed by atoms with Crippen molar-refractivity contribution in [1.29, 1.82) is 0 Å². The number of fused-ring (bicyclic) bond motifs is 2. The van der Waals surface area contributed by atoms with Crippen LogP contribution in [0.1, 0.15) is 5.56 Å². The number of nitrogens with one attached hydrogen (secondary N) is 1. The summed E-state index contributed by atoms with van der Waals surface area (Å²) in [4.78, 5) is 10.6. The van der Waals surface area contributed by atoms with E-state index in [0.29, 0.717) is 12.2 Å². The summed E-state index contributed by atoms with van der Waals surface area (Å²) < 4.78 is 6.32. The molecule has 0 aliphatic carbocycles. The molecule has 0 unspecified atom stereocenters. The number of azide groups is 1. The van der Waals surface area contributed by atoms with Crippen LogP contribution in [-0.2, 0) is 6.54 Å². The van der Waals surface area contributed by atoms with Crippen LogP contribution in [0.5, 0.6) is 0 Å². The molecule has 4 rings (SSSR count). The van der Waals surface area contributed by atoms with Gasteiger partial charge in [-0.2, -0.15) is 0 Å². The first-order chi connectivity index (χ1) is 15.0. The molecule has 0 saturated carbocycles. The van der Waals surface area contributed by atoms with Crippen LogP contribution >= 0.6 is 0 Å². The van der Waals surface area contributed by atoms with Crippen LogP contribution in [-0.4, -0.2) is 28.2 Å². The normalized spacial score (nSPS) is 10.7. The summed E-state index contributed by atoms with van der Waals surface area (Å²) in [5.74, 6) is 0. The van der Waals surface area contributed by atoms with Gasteiger partial charge in [0.25, 0.3) is 0 Å². The van der Waals surface area contributed by atoms with E-state index < -0.39 is 0 Å². The lowest BCUT2D eigenvalue weighted by Gasteiger charge is -2.14. The van der Waals surface area contributed by atoms with Crippen LogP contribution in [0.25, 0.3) is 32.4 Å². The molecule has 7 heteroatoms. The molecule has 1 N–H and O–H groups in total. The molecule has 0 fully saturated rings. The largest absolute Gasteiger partial charge is 0.455 e. The molecule has 156 valence electrons. The van der Waals surface area contributed by atoms with Crippen LogP contribution in [0.2, 0.25) is 0 Å². The van der Waals surface area contributed by atoms with Gasteiger partial charge < -0.3 is 14.2 Å². The maximum atomic E-state index is 8.87. The van der Waals surface area contributed by atoms with E-state index in [4.69, 9.17) is 9.95 Å². The Balaban J connectivity index is 1.98. The summed E-state index contributed by atoms with van der Waals surface area (Å²) in [6.07, 6.45) is 0. The number of benzene rings is 3. The van der Waals surface area contributed by atoms with Gasteiger partial charge in [0, 0.05) is 67.9 Å². The lowest BCUT2D eigenvalue weighted by molar-refractivity contribution is -0.515. The zero-order valence-electron chi connectivity index (χ0n) is 18.1. The van der Waals surface area contributed by atoms with E-state index in [9.17, 15) is 0 Å². The molecule has 0 atom stereocenters. The number of hydrogen-bond acceptors (Lipinski definition) is 4. The first-order valence-corrected chi connectivity index (χ1v) is 10.0. The minimum absolute atomic E-state index is 0.522. The van der Waals surface area contributed by atoms with Crippen molar-refractivity contribution in [2.24, 2.45) is 5.11 Å². The van der Waals surface area contributed by atoms with Crippen molar-refractivity contribution >= 4 is 39.0 Å². The second-order valence-corrected chi connectivity index (χ2v) is 7.80. The van der Waals surface area contributed by atoms with E-state index in [-0.39, 0.29) is 0 Å². The molecule has 31 heavy (non-hydrogen) atoms. The SMILES string of the molecule is CN(C)c1ccc2c(=[NH+]Cc3ccccc3N=[N+]=[N-])c3ccc(N(C)C)cc3oc2c1. The van der Waals surface area contributed by atoms with E-state index in [1.165, 1.54) is 0 Å². The summed E-state index contributed by atoms with van der Waals surface area (Å²) >= 11 is 0. The maximum Gasteiger partial charge on any atom is 0.220 e. The van der Waals surface area contributed by atoms with Gasteiger partial charge in [0.2, 0.25) is 5.36 Å². The minimum atomic E-state index is 0.522. The Morgan fingerprint density at radius 1 is 0.871 bits per heavy atom. The van der Waals surface area contributed by atoms with Crippen molar-refractivity contribution in [1.82, 2.24) is 0 Å². The van der Waals surface area contributed by atoms with Gasteiger partial charge in [0.1, 0.15) is 11.2 Å². The van der Waals surface area contributed by atoms with Gasteiger partial charge in [-0.3, -0.25) is 0 Å². The lowest BCUT2D eigenvalue weighted by atomic mass is 10.1. The van der Waals surface area contributed by atoms with E-state index >= 15 is 0 Å². The second-order valence-electron chi connectivity index (χ2n) is 7.80. The van der Waals surface area contributed by atoms with Crippen molar-refractivity contribution in [3.8, 4) is 0 Å². The standard InChI is InChI=1S/C24H24N6O/c1-29(2)17-9-11-19-22(13-17)31-23-14-18(30(3)4)10-12-20(23)24(19)26-15-16-7-5-6-8-21(16)27-28-25/h5-14H,15H2,1-4H3/p+1. The van der Waals surface area contributed by atoms with Crippen molar-refractivity contribution in [3.63, 3.8) is 0 Å². The fraction of sp³-hybridized carbons (Fsp3) is 0.208. The molecule has 0 radical (unpaired) electrons. The van der Waals surface area contributed by atoms with Gasteiger partial charge in [-0.1, -0.05) is 29.4 Å². The number of rotatable bonds is 5. The highest BCUT2D eigenvalue weighted by Gasteiger charge is 2.13. The molecule has 1 aromatic heterocycles. The fourth-order valence-corrected chi connectivity index (χ4v) is 3.60. The summed E-state index contributed by atoms with van der Waals surface area (Å²) in [6.45, 7) is 0.522. The van der Waals surface area contributed by atoms with Gasteiger partial charge in [0.15, 0.2) is 6.54 Å². The molecule has 0 saturated heterocycles. The highest BCUT2D eigenvalue weighted by Crippen LogP contribution is 2.25. The Labute approximate surface area is 180 Å². The maximum absolute atomic E-state index is 8.87. The molecule has 0 aliphatic rings. The van der Waals surface area contributed by atoms with E-state index in [0.717, 1.165) is 44.2 Å². The Bertz CT molecular complexity index is 1310. The molecular weight excluding hydrogens is 388 g/mol. The summed E-state index contributed by atoms with van der Waals surface area (Å²) in [5, 5.41) is 6.80. The van der Waals surface area contributed by atoms with Gasteiger partial charge in [0.05, 0.1) is 10.8 Å². The number of nitrogens with zero attached hydrogens (tertiary/aromatic N) is 5. The zero-order valence-corrected chi connectivity index (χ0v) is 18.1. The van der Waals surface area contributed by atoms with E-state index in [1.54, 1.807) is 0 Å². The van der Waals surface area contributed by atoms with Gasteiger partial charge in [-0.15, -0.1) is 0 Å².